The minimum atomic E-state index is -3.64. The zero-order chi connectivity index (χ0) is 15.5. The molecule has 0 saturated heterocycles. The molecule has 21 heavy (non-hydrogen) atoms. The number of nitrogens with one attached hydrogen (secondary N) is 1. The number of nitrogen functional groups attached to an aromatic ring is 1. The number of hydrogen-bond acceptors (Lipinski definition) is 5. The highest BCUT2D eigenvalue weighted by molar-refractivity contribution is 7.89. The van der Waals surface area contributed by atoms with Crippen molar-refractivity contribution in [2.45, 2.75) is 50.6 Å². The molecule has 7 heteroatoms. The molecule has 1 aliphatic carbocycles. The molecule has 3 N–H and O–H groups in total. The molecular weight excluding hydrogens is 288 g/mol. The molecule has 1 aliphatic rings. The summed E-state index contributed by atoms with van der Waals surface area (Å²) in [6, 6.07) is 3.36. The molecular formula is C14H24N4O2S. The summed E-state index contributed by atoms with van der Waals surface area (Å²) in [5.41, 5.74) is 2.77. The van der Waals surface area contributed by atoms with Crippen LogP contribution in [0.15, 0.2) is 23.4 Å². The number of rotatable bonds is 6. The van der Waals surface area contributed by atoms with Crippen LogP contribution in [0.3, 0.4) is 0 Å². The lowest BCUT2D eigenvalue weighted by atomic mass is 10.2. The smallest absolute Gasteiger partial charge is 0.262 e. The first-order valence-electron chi connectivity index (χ1n) is 7.40. The first-order valence-corrected chi connectivity index (χ1v) is 8.84. The van der Waals surface area contributed by atoms with Gasteiger partial charge in [-0.1, -0.05) is 26.7 Å². The Labute approximate surface area is 126 Å². The van der Waals surface area contributed by atoms with Crippen LogP contribution in [0.5, 0.6) is 0 Å². The fraction of sp³-hybridized carbons (Fsp3) is 0.643. The zero-order valence-electron chi connectivity index (χ0n) is 12.6. The van der Waals surface area contributed by atoms with E-state index >= 15 is 0 Å². The van der Waals surface area contributed by atoms with Gasteiger partial charge in [-0.2, -0.15) is 4.31 Å². The summed E-state index contributed by atoms with van der Waals surface area (Å²) in [5.74, 6) is 5.69. The molecule has 2 rings (SSSR count). The topological polar surface area (TPSA) is 88.3 Å². The summed E-state index contributed by atoms with van der Waals surface area (Å²) in [6.45, 7) is 4.56. The third kappa shape index (κ3) is 3.53. The van der Waals surface area contributed by atoms with E-state index in [0.717, 1.165) is 25.7 Å². The minimum Gasteiger partial charge on any atom is -0.321 e. The van der Waals surface area contributed by atoms with E-state index in [2.05, 4.69) is 10.4 Å². The van der Waals surface area contributed by atoms with Crippen LogP contribution in [0, 0.1) is 5.92 Å². The molecule has 0 amide bonds. The number of nitrogens with zero attached hydrogens (tertiary/aromatic N) is 2. The van der Waals surface area contributed by atoms with Crippen molar-refractivity contribution in [1.29, 1.82) is 0 Å². The minimum absolute atomic E-state index is 0.0139. The van der Waals surface area contributed by atoms with Crippen LogP contribution in [0.1, 0.15) is 39.5 Å². The third-order valence-electron chi connectivity index (χ3n) is 3.76. The number of nitrogens with two attached hydrogens (primary N) is 1. The molecule has 6 nitrogen and oxygen atoms in total. The van der Waals surface area contributed by atoms with Gasteiger partial charge in [0, 0.05) is 18.8 Å². The summed E-state index contributed by atoms with van der Waals surface area (Å²) in [5, 5.41) is 0.0139. The quantitative estimate of drug-likeness (QED) is 0.619. The van der Waals surface area contributed by atoms with E-state index in [1.165, 1.54) is 6.20 Å². The van der Waals surface area contributed by atoms with Crippen molar-refractivity contribution in [3.05, 3.63) is 18.3 Å². The molecule has 0 atom stereocenters. The van der Waals surface area contributed by atoms with Crippen molar-refractivity contribution < 1.29 is 8.42 Å². The van der Waals surface area contributed by atoms with Gasteiger partial charge < -0.3 is 5.43 Å². The Morgan fingerprint density at radius 1 is 1.43 bits per heavy atom. The summed E-state index contributed by atoms with van der Waals surface area (Å²) in [7, 11) is -3.64. The molecule has 0 unspecified atom stereocenters. The van der Waals surface area contributed by atoms with Gasteiger partial charge in [-0.15, -0.1) is 0 Å². The van der Waals surface area contributed by atoms with Crippen molar-refractivity contribution >= 4 is 15.7 Å². The molecule has 0 spiro atoms. The second kappa shape index (κ2) is 6.72. The molecule has 0 radical (unpaired) electrons. The second-order valence-electron chi connectivity index (χ2n) is 5.91. The molecule has 0 bridgehead atoms. The fourth-order valence-electron chi connectivity index (χ4n) is 2.81. The molecule has 0 aliphatic heterocycles. The number of aromatic nitrogens is 1. The molecule has 1 saturated carbocycles. The molecule has 1 heterocycles. The monoisotopic (exact) mass is 312 g/mol. The average Bonchev–Trinajstić information content (AvgIpc) is 2.98. The fourth-order valence-corrected chi connectivity index (χ4v) is 4.73. The van der Waals surface area contributed by atoms with Gasteiger partial charge in [-0.25, -0.2) is 13.4 Å². The van der Waals surface area contributed by atoms with Crippen LogP contribution < -0.4 is 11.3 Å². The maximum Gasteiger partial charge on any atom is 0.262 e. The Morgan fingerprint density at radius 2 is 2.10 bits per heavy atom. The summed E-state index contributed by atoms with van der Waals surface area (Å²) in [6.07, 6.45) is 5.49. The molecule has 1 fully saturated rings. The lowest BCUT2D eigenvalue weighted by Gasteiger charge is -2.29. The van der Waals surface area contributed by atoms with E-state index < -0.39 is 10.0 Å². The van der Waals surface area contributed by atoms with E-state index in [9.17, 15) is 8.42 Å². The predicted octanol–water partition coefficient (Wildman–Crippen LogP) is 1.96. The van der Waals surface area contributed by atoms with Gasteiger partial charge in [-0.05, 0) is 30.9 Å². The van der Waals surface area contributed by atoms with Gasteiger partial charge in [0.1, 0.15) is 0 Å². The first kappa shape index (κ1) is 16.2. The van der Waals surface area contributed by atoms with Gasteiger partial charge in [0.2, 0.25) is 0 Å². The standard InChI is InChI=1S/C14H24N4O2S/c1-11(2)10-18(12-6-3-4-7-12)21(19,20)14-13(17-15)8-5-9-16-14/h5,8-9,11-12,17H,3-4,6-7,10,15H2,1-2H3. The van der Waals surface area contributed by atoms with Gasteiger partial charge >= 0.3 is 0 Å². The van der Waals surface area contributed by atoms with E-state index in [0.29, 0.717) is 12.2 Å². The van der Waals surface area contributed by atoms with Crippen molar-refractivity contribution in [1.82, 2.24) is 9.29 Å². The predicted molar refractivity (Wildman–Crippen MR) is 83.0 cm³/mol. The Bertz CT molecular complexity index is 568. The lowest BCUT2D eigenvalue weighted by Crippen LogP contribution is -2.41. The molecule has 1 aromatic heterocycles. The Balaban J connectivity index is 2.41. The highest BCUT2D eigenvalue weighted by Gasteiger charge is 2.35. The summed E-state index contributed by atoms with van der Waals surface area (Å²) >= 11 is 0. The normalized spacial score (nSPS) is 16.8. The number of hydrogen-bond donors (Lipinski definition) is 2. The van der Waals surface area contributed by atoms with Crippen LogP contribution in [0.4, 0.5) is 5.69 Å². The van der Waals surface area contributed by atoms with Gasteiger partial charge in [0.05, 0.1) is 5.69 Å². The number of pyridine rings is 1. The zero-order valence-corrected chi connectivity index (χ0v) is 13.4. The molecule has 0 aromatic carbocycles. The molecule has 118 valence electrons. The van der Waals surface area contributed by atoms with E-state index in [4.69, 9.17) is 5.84 Å². The van der Waals surface area contributed by atoms with Crippen LogP contribution in [-0.4, -0.2) is 30.3 Å². The average molecular weight is 312 g/mol. The van der Waals surface area contributed by atoms with Gasteiger partial charge in [0.25, 0.3) is 10.0 Å². The third-order valence-corrected chi connectivity index (χ3v) is 5.64. The van der Waals surface area contributed by atoms with E-state index in [1.807, 2.05) is 13.8 Å². The first-order chi connectivity index (χ1) is 9.96. The maximum absolute atomic E-state index is 13.0. The van der Waals surface area contributed by atoms with Crippen LogP contribution in [0.2, 0.25) is 0 Å². The lowest BCUT2D eigenvalue weighted by molar-refractivity contribution is 0.292. The van der Waals surface area contributed by atoms with Crippen molar-refractivity contribution in [3.63, 3.8) is 0 Å². The van der Waals surface area contributed by atoms with Crippen LogP contribution >= 0.6 is 0 Å². The van der Waals surface area contributed by atoms with Crippen LogP contribution in [-0.2, 0) is 10.0 Å². The van der Waals surface area contributed by atoms with E-state index in [-0.39, 0.29) is 17.0 Å². The largest absolute Gasteiger partial charge is 0.321 e. The second-order valence-corrected chi connectivity index (χ2v) is 7.71. The highest BCUT2D eigenvalue weighted by Crippen LogP contribution is 2.30. The Morgan fingerprint density at radius 3 is 2.67 bits per heavy atom. The number of sulfonamides is 1. The van der Waals surface area contributed by atoms with Gasteiger partial charge in [0.15, 0.2) is 5.03 Å². The van der Waals surface area contributed by atoms with Gasteiger partial charge in [-0.3, -0.25) is 5.84 Å². The van der Waals surface area contributed by atoms with Crippen molar-refractivity contribution in [2.75, 3.05) is 12.0 Å². The van der Waals surface area contributed by atoms with Crippen molar-refractivity contribution in [2.24, 2.45) is 11.8 Å². The Kier molecular flexibility index (Phi) is 5.18. The SMILES string of the molecule is CC(C)CN(C1CCCC1)S(=O)(=O)c1ncccc1NN. The number of anilines is 1. The highest BCUT2D eigenvalue weighted by atomic mass is 32.2. The maximum atomic E-state index is 13.0. The van der Waals surface area contributed by atoms with E-state index in [1.54, 1.807) is 16.4 Å². The van der Waals surface area contributed by atoms with Crippen LogP contribution in [0.25, 0.3) is 0 Å². The van der Waals surface area contributed by atoms with Crippen molar-refractivity contribution in [3.8, 4) is 0 Å². The summed E-state index contributed by atoms with van der Waals surface area (Å²) < 4.78 is 27.6. The Hall–Kier alpha value is -1.18. The number of hydrazine groups is 1. The summed E-state index contributed by atoms with van der Waals surface area (Å²) in [4.78, 5) is 4.05. The molecule has 1 aromatic rings.